The highest BCUT2D eigenvalue weighted by molar-refractivity contribution is 6.34. The average molecular weight is 537 g/mol. The van der Waals surface area contributed by atoms with Crippen LogP contribution in [0.3, 0.4) is 0 Å². The van der Waals surface area contributed by atoms with Crippen LogP contribution in [0.15, 0.2) is 54.9 Å². The molecule has 9 heteroatoms. The van der Waals surface area contributed by atoms with Gasteiger partial charge in [-0.15, -0.1) is 0 Å². The zero-order valence-electron chi connectivity index (χ0n) is 20.9. The molecular formula is C28H31Cl2N7. The molecular weight excluding hydrogens is 505 g/mol. The fraction of sp³-hybridized carbons (Fsp3) is 0.357. The zero-order valence-corrected chi connectivity index (χ0v) is 22.4. The van der Waals surface area contributed by atoms with Crippen molar-refractivity contribution < 1.29 is 0 Å². The predicted octanol–water partition coefficient (Wildman–Crippen LogP) is 5.89. The largest absolute Gasteiger partial charge is 0.370 e. The molecule has 2 aliphatic heterocycles. The molecule has 0 radical (unpaired) electrons. The van der Waals surface area contributed by atoms with Crippen molar-refractivity contribution in [3.8, 4) is 11.3 Å². The highest BCUT2D eigenvalue weighted by atomic mass is 35.5. The second-order valence-electron chi connectivity index (χ2n) is 9.99. The Labute approximate surface area is 227 Å². The third-order valence-electron chi connectivity index (χ3n) is 7.65. The summed E-state index contributed by atoms with van der Waals surface area (Å²) in [4.78, 5) is 19.9. The molecule has 2 aromatic carbocycles. The van der Waals surface area contributed by atoms with Crippen molar-refractivity contribution in [2.24, 2.45) is 0 Å². The number of aromatic nitrogens is 3. The molecule has 6 rings (SSSR count). The summed E-state index contributed by atoms with van der Waals surface area (Å²) >= 11 is 13.3. The standard InChI is InChI=1S/C28H31Cl2N7/c1-35-12-14-36(15-13-35)20-8-10-37(11-9-20)26-7-6-19(16-23(26)29)33-28-32-18-24(30)27(34-28)22-17-31-25-5-3-2-4-21(22)25/h2-7,16-18,20,31H,8-15H2,1H3,(H,32,33,34). The molecule has 0 unspecified atom stereocenters. The first-order chi connectivity index (χ1) is 18.0. The number of rotatable bonds is 5. The topological polar surface area (TPSA) is 63.3 Å². The lowest BCUT2D eigenvalue weighted by Crippen LogP contribution is -2.52. The fourth-order valence-corrected chi connectivity index (χ4v) is 6.01. The van der Waals surface area contributed by atoms with E-state index in [1.807, 2.05) is 36.5 Å². The molecule has 0 atom stereocenters. The molecule has 4 aromatic rings. The Morgan fingerprint density at radius 2 is 1.73 bits per heavy atom. The van der Waals surface area contributed by atoms with E-state index in [-0.39, 0.29) is 0 Å². The third-order valence-corrected chi connectivity index (χ3v) is 8.23. The number of hydrogen-bond donors (Lipinski definition) is 2. The lowest BCUT2D eigenvalue weighted by atomic mass is 10.0. The van der Waals surface area contributed by atoms with Crippen LogP contribution in [-0.2, 0) is 0 Å². The highest BCUT2D eigenvalue weighted by Gasteiger charge is 2.27. The number of anilines is 3. The van der Waals surface area contributed by atoms with E-state index in [4.69, 9.17) is 28.2 Å². The number of para-hydroxylation sites is 1. The smallest absolute Gasteiger partial charge is 0.227 e. The quantitative estimate of drug-likeness (QED) is 0.332. The summed E-state index contributed by atoms with van der Waals surface area (Å²) in [6, 6.07) is 14.9. The summed E-state index contributed by atoms with van der Waals surface area (Å²) in [5, 5.41) is 5.60. The molecule has 2 N–H and O–H groups in total. The number of nitrogens with zero attached hydrogens (tertiary/aromatic N) is 5. The Bertz CT molecular complexity index is 1390. The van der Waals surface area contributed by atoms with Crippen LogP contribution in [0.2, 0.25) is 10.0 Å². The minimum Gasteiger partial charge on any atom is -0.370 e. The summed E-state index contributed by atoms with van der Waals surface area (Å²) in [6.07, 6.45) is 5.92. The van der Waals surface area contributed by atoms with Gasteiger partial charge in [-0.1, -0.05) is 41.4 Å². The number of piperazine rings is 1. The first kappa shape index (κ1) is 24.5. The van der Waals surface area contributed by atoms with Crippen LogP contribution in [-0.4, -0.2) is 77.1 Å². The summed E-state index contributed by atoms with van der Waals surface area (Å²) < 4.78 is 0. The zero-order chi connectivity index (χ0) is 25.4. The second-order valence-corrected chi connectivity index (χ2v) is 10.8. The van der Waals surface area contributed by atoms with E-state index in [0.717, 1.165) is 46.0 Å². The number of piperidine rings is 1. The molecule has 0 spiro atoms. The molecule has 2 fully saturated rings. The number of likely N-dealkylation sites (N-methyl/N-ethyl adjacent to an activating group) is 1. The molecule has 0 bridgehead atoms. The molecule has 2 aliphatic rings. The number of fused-ring (bicyclic) bond motifs is 1. The highest BCUT2D eigenvalue weighted by Crippen LogP contribution is 2.35. The number of nitrogens with one attached hydrogen (secondary N) is 2. The van der Waals surface area contributed by atoms with E-state index in [1.54, 1.807) is 6.20 Å². The summed E-state index contributed by atoms with van der Waals surface area (Å²) in [6.45, 7) is 6.74. The van der Waals surface area contributed by atoms with Gasteiger partial charge in [-0.2, -0.15) is 0 Å². The molecule has 2 saturated heterocycles. The van der Waals surface area contributed by atoms with Crippen LogP contribution in [0.1, 0.15) is 12.8 Å². The van der Waals surface area contributed by atoms with Gasteiger partial charge < -0.3 is 20.1 Å². The first-order valence-electron chi connectivity index (χ1n) is 12.9. The Morgan fingerprint density at radius 1 is 0.946 bits per heavy atom. The molecule has 0 aliphatic carbocycles. The molecule has 0 amide bonds. The van der Waals surface area contributed by atoms with Gasteiger partial charge in [0.05, 0.1) is 27.6 Å². The van der Waals surface area contributed by atoms with Crippen molar-refractivity contribution in [2.75, 3.05) is 56.5 Å². The lowest BCUT2D eigenvalue weighted by Gasteiger charge is -2.42. The van der Waals surface area contributed by atoms with Gasteiger partial charge in [-0.05, 0) is 44.2 Å². The van der Waals surface area contributed by atoms with Gasteiger partial charge in [0.25, 0.3) is 0 Å². The number of benzene rings is 2. The molecule has 2 aromatic heterocycles. The number of halogens is 2. The number of hydrogen-bond acceptors (Lipinski definition) is 6. The van der Waals surface area contributed by atoms with Crippen LogP contribution >= 0.6 is 23.2 Å². The fourth-order valence-electron chi connectivity index (χ4n) is 5.51. The number of H-pyrrole nitrogens is 1. The molecule has 37 heavy (non-hydrogen) atoms. The van der Waals surface area contributed by atoms with Gasteiger partial charge in [-0.3, -0.25) is 4.90 Å². The Balaban J connectivity index is 1.14. The van der Waals surface area contributed by atoms with Crippen LogP contribution in [0.25, 0.3) is 22.2 Å². The lowest BCUT2D eigenvalue weighted by molar-refractivity contribution is 0.0982. The predicted molar refractivity (Wildman–Crippen MR) is 153 cm³/mol. The van der Waals surface area contributed by atoms with Gasteiger partial charge in [0.1, 0.15) is 0 Å². The van der Waals surface area contributed by atoms with E-state index in [2.05, 4.69) is 49.2 Å². The molecule has 7 nitrogen and oxygen atoms in total. The molecule has 0 saturated carbocycles. The average Bonchev–Trinajstić information content (AvgIpc) is 3.35. The Hall–Kier alpha value is -2.84. The molecule has 4 heterocycles. The molecule has 192 valence electrons. The van der Waals surface area contributed by atoms with Crippen LogP contribution in [0.4, 0.5) is 17.3 Å². The van der Waals surface area contributed by atoms with Gasteiger partial charge in [0, 0.05) is 73.7 Å². The third kappa shape index (κ3) is 5.14. The van der Waals surface area contributed by atoms with Crippen molar-refractivity contribution in [3.63, 3.8) is 0 Å². The minimum absolute atomic E-state index is 0.474. The van der Waals surface area contributed by atoms with Crippen molar-refractivity contribution in [3.05, 3.63) is 64.9 Å². The maximum atomic E-state index is 6.77. The normalized spacial score (nSPS) is 18.0. The van der Waals surface area contributed by atoms with Gasteiger partial charge in [0.15, 0.2) is 0 Å². The Kier molecular flexibility index (Phi) is 6.95. The summed E-state index contributed by atoms with van der Waals surface area (Å²) in [5.41, 5.74) is 4.59. The maximum Gasteiger partial charge on any atom is 0.227 e. The summed E-state index contributed by atoms with van der Waals surface area (Å²) in [5.74, 6) is 0.474. The minimum atomic E-state index is 0.474. The van der Waals surface area contributed by atoms with Gasteiger partial charge in [0.2, 0.25) is 5.95 Å². The van der Waals surface area contributed by atoms with Crippen molar-refractivity contribution in [2.45, 2.75) is 18.9 Å². The van der Waals surface area contributed by atoms with Gasteiger partial charge in [-0.25, -0.2) is 9.97 Å². The SMILES string of the molecule is CN1CCN(C2CCN(c3ccc(Nc4ncc(Cl)c(-c5c[nH]c6ccccc56)n4)cc3Cl)CC2)CC1. The van der Waals surface area contributed by atoms with Gasteiger partial charge >= 0.3 is 0 Å². The van der Waals surface area contributed by atoms with Crippen molar-refractivity contribution in [1.82, 2.24) is 24.8 Å². The second kappa shape index (κ2) is 10.5. The maximum absolute atomic E-state index is 6.77. The van der Waals surface area contributed by atoms with E-state index in [1.165, 1.54) is 39.0 Å². The van der Waals surface area contributed by atoms with E-state index < -0.39 is 0 Å². The van der Waals surface area contributed by atoms with Crippen molar-refractivity contribution in [1.29, 1.82) is 0 Å². The van der Waals surface area contributed by atoms with Crippen LogP contribution in [0.5, 0.6) is 0 Å². The monoisotopic (exact) mass is 535 g/mol. The first-order valence-corrected chi connectivity index (χ1v) is 13.6. The van der Waals surface area contributed by atoms with Crippen molar-refractivity contribution >= 4 is 51.4 Å². The Morgan fingerprint density at radius 3 is 2.51 bits per heavy atom. The van der Waals surface area contributed by atoms with Crippen LogP contribution < -0.4 is 10.2 Å². The summed E-state index contributed by atoms with van der Waals surface area (Å²) in [7, 11) is 2.21. The van der Waals surface area contributed by atoms with E-state index in [9.17, 15) is 0 Å². The van der Waals surface area contributed by atoms with E-state index in [0.29, 0.717) is 22.7 Å². The number of aromatic amines is 1. The van der Waals surface area contributed by atoms with E-state index >= 15 is 0 Å². The van der Waals surface area contributed by atoms with Crippen LogP contribution in [0, 0.1) is 0 Å².